The number of non-ortho nitro benzene ring substituents is 1. The Balaban J connectivity index is 2.18. The second-order valence-corrected chi connectivity index (χ2v) is 4.76. The maximum atomic E-state index is 12.8. The van der Waals surface area contributed by atoms with E-state index in [1.54, 1.807) is 0 Å². The second kappa shape index (κ2) is 4.32. The zero-order valence-electron chi connectivity index (χ0n) is 10.0. The van der Waals surface area contributed by atoms with Crippen LogP contribution in [0.15, 0.2) is 29.3 Å². The lowest BCUT2D eigenvalue weighted by molar-refractivity contribution is -0.384. The average molecular weight is 272 g/mol. The van der Waals surface area contributed by atoms with Gasteiger partial charge in [-0.3, -0.25) is 15.1 Å². The van der Waals surface area contributed by atoms with Crippen LogP contribution in [0.1, 0.15) is 24.9 Å². The monoisotopic (exact) mass is 272 g/mol. The van der Waals surface area contributed by atoms with Gasteiger partial charge in [0.05, 0.1) is 11.0 Å². The van der Waals surface area contributed by atoms with Crippen molar-refractivity contribution in [1.29, 1.82) is 0 Å². The van der Waals surface area contributed by atoms with E-state index >= 15 is 0 Å². The minimum Gasteiger partial charge on any atom is -0.288 e. The summed E-state index contributed by atoms with van der Waals surface area (Å²) in [5.41, 5.74) is -1.47. The lowest BCUT2D eigenvalue weighted by Crippen LogP contribution is -2.34. The van der Waals surface area contributed by atoms with E-state index in [4.69, 9.17) is 0 Å². The molecular formula is C12H11F3N2O2. The number of halogens is 3. The number of alkyl halides is 3. The summed E-state index contributed by atoms with van der Waals surface area (Å²) >= 11 is 0. The van der Waals surface area contributed by atoms with Gasteiger partial charge in [-0.2, -0.15) is 13.2 Å². The fourth-order valence-electron chi connectivity index (χ4n) is 1.97. The predicted octanol–water partition coefficient (Wildman–Crippen LogP) is 3.68. The van der Waals surface area contributed by atoms with Crippen LogP contribution in [0.3, 0.4) is 0 Å². The molecule has 7 heteroatoms. The Morgan fingerprint density at radius 1 is 1.37 bits per heavy atom. The van der Waals surface area contributed by atoms with Gasteiger partial charge in [-0.15, -0.1) is 0 Å². The first kappa shape index (κ1) is 13.5. The number of nitro groups is 1. The normalized spacial score (nSPS) is 26.6. The zero-order valence-corrected chi connectivity index (χ0v) is 10.0. The first-order valence-electron chi connectivity index (χ1n) is 5.58. The molecule has 1 aromatic carbocycles. The quantitative estimate of drug-likeness (QED) is 0.609. The summed E-state index contributed by atoms with van der Waals surface area (Å²) in [5, 5.41) is 10.5. The van der Waals surface area contributed by atoms with E-state index < -0.39 is 22.6 Å². The molecule has 2 atom stereocenters. The van der Waals surface area contributed by atoms with Crippen molar-refractivity contribution >= 4 is 11.9 Å². The van der Waals surface area contributed by atoms with Gasteiger partial charge in [-0.25, -0.2) is 0 Å². The summed E-state index contributed by atoms with van der Waals surface area (Å²) in [5.74, 6) is 0. The molecular weight excluding hydrogens is 261 g/mol. The molecule has 1 aliphatic heterocycles. The van der Waals surface area contributed by atoms with Crippen molar-refractivity contribution in [2.45, 2.75) is 25.6 Å². The maximum absolute atomic E-state index is 12.8. The average Bonchev–Trinajstić information content (AvgIpc) is 2.73. The van der Waals surface area contributed by atoms with Crippen LogP contribution < -0.4 is 0 Å². The van der Waals surface area contributed by atoms with Crippen molar-refractivity contribution in [2.24, 2.45) is 10.4 Å². The molecule has 0 saturated heterocycles. The summed E-state index contributed by atoms with van der Waals surface area (Å²) in [7, 11) is 0. The van der Waals surface area contributed by atoms with Crippen LogP contribution in [0.2, 0.25) is 0 Å². The van der Waals surface area contributed by atoms with Gasteiger partial charge in [0.25, 0.3) is 5.69 Å². The first-order valence-corrected chi connectivity index (χ1v) is 5.58. The number of rotatable bonds is 2. The SMILES string of the molecule is CC1(C(F)(F)F)C=NC(c2ccc([N+](=O)[O-])cc2)C1. The van der Waals surface area contributed by atoms with Gasteiger partial charge in [0, 0.05) is 18.3 Å². The summed E-state index contributed by atoms with van der Waals surface area (Å²) < 4.78 is 38.5. The smallest absolute Gasteiger partial charge is 0.288 e. The number of hydrogen-bond donors (Lipinski definition) is 0. The Kier molecular flexibility index (Phi) is 3.07. The summed E-state index contributed by atoms with van der Waals surface area (Å²) in [6, 6.07) is 4.83. The molecule has 0 amide bonds. The highest BCUT2D eigenvalue weighted by molar-refractivity contribution is 5.69. The number of hydrogen-bond acceptors (Lipinski definition) is 3. The summed E-state index contributed by atoms with van der Waals surface area (Å²) in [4.78, 5) is 13.8. The molecule has 2 rings (SSSR count). The Morgan fingerprint density at radius 3 is 2.37 bits per heavy atom. The number of aliphatic imine (C=N–C) groups is 1. The molecule has 2 unspecified atom stereocenters. The Bertz CT molecular complexity index is 525. The van der Waals surface area contributed by atoms with Crippen molar-refractivity contribution in [3.63, 3.8) is 0 Å². The van der Waals surface area contributed by atoms with Crippen LogP contribution in [0.5, 0.6) is 0 Å². The molecule has 0 saturated carbocycles. The highest BCUT2D eigenvalue weighted by Crippen LogP contribution is 2.47. The van der Waals surface area contributed by atoms with E-state index in [0.29, 0.717) is 5.56 Å². The van der Waals surface area contributed by atoms with Gasteiger partial charge in [-0.1, -0.05) is 12.1 Å². The van der Waals surface area contributed by atoms with E-state index in [-0.39, 0.29) is 12.1 Å². The molecule has 1 aliphatic rings. The Morgan fingerprint density at radius 2 is 1.95 bits per heavy atom. The van der Waals surface area contributed by atoms with Crippen molar-refractivity contribution in [2.75, 3.05) is 0 Å². The number of nitro benzene ring substituents is 1. The van der Waals surface area contributed by atoms with Crippen molar-refractivity contribution in [1.82, 2.24) is 0 Å². The highest BCUT2D eigenvalue weighted by atomic mass is 19.4. The summed E-state index contributed by atoms with van der Waals surface area (Å²) in [6.45, 7) is 1.10. The van der Waals surface area contributed by atoms with Crippen LogP contribution in [0.25, 0.3) is 0 Å². The third-order valence-electron chi connectivity index (χ3n) is 3.29. The third-order valence-corrected chi connectivity index (χ3v) is 3.29. The molecule has 0 spiro atoms. The van der Waals surface area contributed by atoms with Crippen LogP contribution >= 0.6 is 0 Å². The highest BCUT2D eigenvalue weighted by Gasteiger charge is 2.53. The van der Waals surface area contributed by atoms with Crippen molar-refractivity contribution in [3.8, 4) is 0 Å². The number of nitrogens with zero attached hydrogens (tertiary/aromatic N) is 2. The first-order chi connectivity index (χ1) is 8.73. The topological polar surface area (TPSA) is 55.5 Å². The molecule has 0 fully saturated rings. The zero-order chi connectivity index (χ0) is 14.3. The molecule has 0 aromatic heterocycles. The third kappa shape index (κ3) is 2.45. The van der Waals surface area contributed by atoms with Gasteiger partial charge in [0.1, 0.15) is 5.41 Å². The fourth-order valence-corrected chi connectivity index (χ4v) is 1.97. The van der Waals surface area contributed by atoms with Crippen LogP contribution in [0.4, 0.5) is 18.9 Å². The maximum Gasteiger partial charge on any atom is 0.399 e. The molecule has 1 heterocycles. The summed E-state index contributed by atoms with van der Waals surface area (Å²) in [6.07, 6.45) is -3.58. The van der Waals surface area contributed by atoms with E-state index in [0.717, 1.165) is 13.1 Å². The predicted molar refractivity (Wildman–Crippen MR) is 63.1 cm³/mol. The van der Waals surface area contributed by atoms with Gasteiger partial charge < -0.3 is 0 Å². The van der Waals surface area contributed by atoms with Gasteiger partial charge in [0.2, 0.25) is 0 Å². The van der Waals surface area contributed by atoms with Crippen LogP contribution in [-0.4, -0.2) is 17.3 Å². The minimum atomic E-state index is -4.34. The second-order valence-electron chi connectivity index (χ2n) is 4.76. The van der Waals surface area contributed by atoms with Gasteiger partial charge in [0.15, 0.2) is 0 Å². The molecule has 0 N–H and O–H groups in total. The van der Waals surface area contributed by atoms with Crippen molar-refractivity contribution in [3.05, 3.63) is 39.9 Å². The van der Waals surface area contributed by atoms with Crippen LogP contribution in [0, 0.1) is 15.5 Å². The molecule has 0 aliphatic carbocycles. The molecule has 1 aromatic rings. The Labute approximate surface area is 107 Å². The van der Waals surface area contributed by atoms with Crippen molar-refractivity contribution < 1.29 is 18.1 Å². The van der Waals surface area contributed by atoms with E-state index in [2.05, 4.69) is 4.99 Å². The molecule has 0 radical (unpaired) electrons. The van der Waals surface area contributed by atoms with E-state index in [1.165, 1.54) is 24.3 Å². The van der Waals surface area contributed by atoms with Crippen LogP contribution in [-0.2, 0) is 0 Å². The van der Waals surface area contributed by atoms with Gasteiger partial charge >= 0.3 is 6.18 Å². The molecule has 102 valence electrons. The molecule has 19 heavy (non-hydrogen) atoms. The largest absolute Gasteiger partial charge is 0.399 e. The van der Waals surface area contributed by atoms with E-state index in [1.807, 2.05) is 0 Å². The van der Waals surface area contributed by atoms with Gasteiger partial charge in [-0.05, 0) is 18.9 Å². The lowest BCUT2D eigenvalue weighted by atomic mass is 9.85. The Hall–Kier alpha value is -1.92. The standard InChI is InChI=1S/C12H11F3N2O2/c1-11(12(13,14)15)6-10(16-7-11)8-2-4-9(5-3-8)17(18)19/h2-5,7,10H,6H2,1H3. The lowest BCUT2D eigenvalue weighted by Gasteiger charge is -2.25. The minimum absolute atomic E-state index is 0.0932. The fraction of sp³-hybridized carbons (Fsp3) is 0.417. The molecule has 0 bridgehead atoms. The van der Waals surface area contributed by atoms with E-state index in [9.17, 15) is 23.3 Å². The number of benzene rings is 1. The molecule has 4 nitrogen and oxygen atoms in total.